The number of aliphatic hydroxyl groups excluding tert-OH is 1. The minimum Gasteiger partial charge on any atom is -0.395 e. The van der Waals surface area contributed by atoms with Gasteiger partial charge in [-0.05, 0) is 56.4 Å². The lowest BCUT2D eigenvalue weighted by atomic mass is 9.94. The number of aliphatic hydroxyl groups is 1. The molecule has 202 valence electrons. The SMILES string of the molecule is Cc1ccc(S(=O)(=O)Nc2ccccc2C(=O)N(CCO)C(CC(C)C)C(=O)NC2CCCCC2)cc1. The van der Waals surface area contributed by atoms with Crippen molar-refractivity contribution in [1.82, 2.24) is 10.2 Å². The number of benzene rings is 2. The number of aryl methyl sites for hydroxylation is 1. The van der Waals surface area contributed by atoms with E-state index < -0.39 is 22.0 Å². The Morgan fingerprint density at radius 1 is 1.03 bits per heavy atom. The zero-order valence-corrected chi connectivity index (χ0v) is 22.8. The third-order valence-electron chi connectivity index (χ3n) is 6.66. The maximum absolute atomic E-state index is 13.8. The van der Waals surface area contributed by atoms with Gasteiger partial charge < -0.3 is 15.3 Å². The number of amides is 2. The van der Waals surface area contributed by atoms with E-state index >= 15 is 0 Å². The molecular weight excluding hydrogens is 490 g/mol. The lowest BCUT2D eigenvalue weighted by Gasteiger charge is -2.34. The van der Waals surface area contributed by atoms with E-state index in [2.05, 4.69) is 10.0 Å². The van der Waals surface area contributed by atoms with Gasteiger partial charge in [-0.1, -0.05) is 62.9 Å². The maximum atomic E-state index is 13.8. The number of hydrogen-bond acceptors (Lipinski definition) is 5. The van der Waals surface area contributed by atoms with E-state index in [0.717, 1.165) is 37.7 Å². The molecule has 0 saturated heterocycles. The summed E-state index contributed by atoms with van der Waals surface area (Å²) in [5.41, 5.74) is 1.16. The molecule has 0 heterocycles. The Kier molecular flexibility index (Phi) is 10.1. The molecule has 0 aliphatic heterocycles. The molecule has 0 spiro atoms. The van der Waals surface area contributed by atoms with Gasteiger partial charge in [-0.2, -0.15) is 0 Å². The molecule has 37 heavy (non-hydrogen) atoms. The summed E-state index contributed by atoms with van der Waals surface area (Å²) < 4.78 is 28.6. The average molecular weight is 530 g/mol. The van der Waals surface area contributed by atoms with Gasteiger partial charge in [-0.25, -0.2) is 8.42 Å². The van der Waals surface area contributed by atoms with Crippen molar-refractivity contribution in [3.05, 3.63) is 59.7 Å². The molecule has 2 amide bonds. The molecule has 1 aliphatic carbocycles. The minimum atomic E-state index is -3.95. The molecule has 2 aromatic rings. The van der Waals surface area contributed by atoms with Gasteiger partial charge in [-0.3, -0.25) is 14.3 Å². The molecule has 9 heteroatoms. The van der Waals surface area contributed by atoms with Gasteiger partial charge >= 0.3 is 0 Å². The van der Waals surface area contributed by atoms with E-state index in [1.165, 1.54) is 29.2 Å². The Labute approximate surface area is 220 Å². The number of nitrogens with one attached hydrogen (secondary N) is 2. The first-order chi connectivity index (χ1) is 17.6. The van der Waals surface area contributed by atoms with Crippen LogP contribution in [0.3, 0.4) is 0 Å². The van der Waals surface area contributed by atoms with E-state index in [0.29, 0.717) is 6.42 Å². The van der Waals surface area contributed by atoms with Crippen molar-refractivity contribution in [2.45, 2.75) is 76.3 Å². The second-order valence-corrected chi connectivity index (χ2v) is 11.9. The number of para-hydroxylation sites is 1. The van der Waals surface area contributed by atoms with Crippen LogP contribution < -0.4 is 10.0 Å². The monoisotopic (exact) mass is 529 g/mol. The largest absolute Gasteiger partial charge is 0.395 e. The normalized spacial score (nSPS) is 15.3. The lowest BCUT2D eigenvalue weighted by Crippen LogP contribution is -2.53. The van der Waals surface area contributed by atoms with Crippen molar-refractivity contribution in [2.24, 2.45) is 5.92 Å². The van der Waals surface area contributed by atoms with Crippen LogP contribution in [0.4, 0.5) is 5.69 Å². The number of nitrogens with zero attached hydrogens (tertiary/aromatic N) is 1. The third kappa shape index (κ3) is 7.79. The van der Waals surface area contributed by atoms with Crippen LogP contribution in [0.15, 0.2) is 53.4 Å². The highest BCUT2D eigenvalue weighted by Gasteiger charge is 2.33. The second-order valence-electron chi connectivity index (χ2n) is 10.2. The van der Waals surface area contributed by atoms with E-state index in [1.807, 2.05) is 20.8 Å². The van der Waals surface area contributed by atoms with Gasteiger partial charge in [0.1, 0.15) is 6.04 Å². The van der Waals surface area contributed by atoms with Crippen LogP contribution in [-0.4, -0.2) is 55.5 Å². The summed E-state index contributed by atoms with van der Waals surface area (Å²) >= 11 is 0. The van der Waals surface area contributed by atoms with Gasteiger partial charge in [0.2, 0.25) is 5.91 Å². The van der Waals surface area contributed by atoms with E-state index in [1.54, 1.807) is 24.3 Å². The van der Waals surface area contributed by atoms with Gasteiger partial charge in [-0.15, -0.1) is 0 Å². The maximum Gasteiger partial charge on any atom is 0.261 e. The second kappa shape index (κ2) is 13.1. The Bertz CT molecular complexity index is 1160. The van der Waals surface area contributed by atoms with Gasteiger partial charge in [0, 0.05) is 12.6 Å². The van der Waals surface area contributed by atoms with Crippen LogP contribution in [0.5, 0.6) is 0 Å². The Morgan fingerprint density at radius 2 is 1.68 bits per heavy atom. The van der Waals surface area contributed by atoms with Crippen molar-refractivity contribution < 1.29 is 23.1 Å². The zero-order valence-electron chi connectivity index (χ0n) is 21.9. The molecule has 0 bridgehead atoms. The number of carbonyl (C=O) groups excluding carboxylic acids is 2. The quantitative estimate of drug-likeness (QED) is 0.405. The van der Waals surface area contributed by atoms with E-state index in [9.17, 15) is 23.1 Å². The lowest BCUT2D eigenvalue weighted by molar-refractivity contribution is -0.127. The summed E-state index contributed by atoms with van der Waals surface area (Å²) in [6.07, 6.45) is 5.53. The van der Waals surface area contributed by atoms with Crippen molar-refractivity contribution >= 4 is 27.5 Å². The third-order valence-corrected chi connectivity index (χ3v) is 8.04. The van der Waals surface area contributed by atoms with Gasteiger partial charge in [0.05, 0.1) is 22.8 Å². The van der Waals surface area contributed by atoms with Crippen LogP contribution in [0.1, 0.15) is 68.3 Å². The molecular formula is C28H39N3O5S. The van der Waals surface area contributed by atoms with Crippen molar-refractivity contribution in [3.8, 4) is 0 Å². The standard InChI is InChI=1S/C28H39N3O5S/c1-20(2)19-26(27(33)29-22-9-5-4-6-10-22)31(17-18-32)28(34)24-11-7-8-12-25(24)30-37(35,36)23-15-13-21(3)14-16-23/h7-8,11-16,20,22,26,30,32H,4-6,9-10,17-19H2,1-3H3,(H,29,33). The predicted molar refractivity (Wildman–Crippen MR) is 145 cm³/mol. The minimum absolute atomic E-state index is 0.0483. The molecule has 0 aromatic heterocycles. The highest BCUT2D eigenvalue weighted by atomic mass is 32.2. The molecule has 1 unspecified atom stereocenters. The fourth-order valence-corrected chi connectivity index (χ4v) is 5.79. The van der Waals surface area contributed by atoms with Crippen LogP contribution in [0, 0.1) is 12.8 Å². The topological polar surface area (TPSA) is 116 Å². The predicted octanol–water partition coefficient (Wildman–Crippen LogP) is 4.09. The fourth-order valence-electron chi connectivity index (χ4n) is 4.71. The Morgan fingerprint density at radius 3 is 2.30 bits per heavy atom. The zero-order chi connectivity index (χ0) is 27.0. The number of carbonyl (C=O) groups is 2. The summed E-state index contributed by atoms with van der Waals surface area (Å²) in [7, 11) is -3.95. The number of rotatable bonds is 11. The summed E-state index contributed by atoms with van der Waals surface area (Å²) in [5.74, 6) is -0.632. The van der Waals surface area contributed by atoms with Gasteiger partial charge in [0.25, 0.3) is 15.9 Å². The fraction of sp³-hybridized carbons (Fsp3) is 0.500. The highest BCUT2D eigenvalue weighted by molar-refractivity contribution is 7.92. The van der Waals surface area contributed by atoms with Gasteiger partial charge in [0.15, 0.2) is 0 Å². The van der Waals surface area contributed by atoms with Crippen molar-refractivity contribution in [1.29, 1.82) is 0 Å². The number of hydrogen-bond donors (Lipinski definition) is 3. The van der Waals surface area contributed by atoms with Crippen LogP contribution in [0.25, 0.3) is 0 Å². The average Bonchev–Trinajstić information content (AvgIpc) is 2.86. The molecule has 2 aromatic carbocycles. The molecule has 3 rings (SSSR count). The van der Waals surface area contributed by atoms with Crippen LogP contribution >= 0.6 is 0 Å². The Hall–Kier alpha value is -2.91. The van der Waals surface area contributed by atoms with Crippen molar-refractivity contribution in [3.63, 3.8) is 0 Å². The van der Waals surface area contributed by atoms with Crippen LogP contribution in [-0.2, 0) is 14.8 Å². The number of sulfonamides is 1. The first-order valence-electron chi connectivity index (χ1n) is 13.0. The molecule has 1 atom stereocenters. The van der Waals surface area contributed by atoms with Crippen molar-refractivity contribution in [2.75, 3.05) is 17.9 Å². The molecule has 8 nitrogen and oxygen atoms in total. The summed E-state index contributed by atoms with van der Waals surface area (Å²) in [6, 6.07) is 12.1. The first kappa shape index (κ1) is 28.7. The van der Waals surface area contributed by atoms with E-state index in [-0.39, 0.29) is 47.2 Å². The van der Waals surface area contributed by atoms with Crippen LogP contribution in [0.2, 0.25) is 0 Å². The summed E-state index contributed by atoms with van der Waals surface area (Å²) in [5, 5.41) is 12.9. The Balaban J connectivity index is 1.91. The molecule has 3 N–H and O–H groups in total. The summed E-state index contributed by atoms with van der Waals surface area (Å²) in [4.78, 5) is 28.7. The molecule has 1 aliphatic rings. The molecule has 0 radical (unpaired) electrons. The smallest absolute Gasteiger partial charge is 0.261 e. The molecule has 1 saturated carbocycles. The highest BCUT2D eigenvalue weighted by Crippen LogP contribution is 2.25. The molecule has 1 fully saturated rings. The number of anilines is 1. The van der Waals surface area contributed by atoms with E-state index in [4.69, 9.17) is 0 Å². The first-order valence-corrected chi connectivity index (χ1v) is 14.5. The summed E-state index contributed by atoms with van der Waals surface area (Å²) in [6.45, 7) is 5.45.